The molecule has 2 aliphatic heterocycles. The Morgan fingerprint density at radius 1 is 1.11 bits per heavy atom. The van der Waals surface area contributed by atoms with Crippen molar-refractivity contribution >= 4 is 75.6 Å². The lowest BCUT2D eigenvalue weighted by atomic mass is 9.74. The Balaban J connectivity index is 1.85. The van der Waals surface area contributed by atoms with Crippen molar-refractivity contribution in [3.8, 4) is 0 Å². The number of esters is 1. The highest BCUT2D eigenvalue weighted by molar-refractivity contribution is 6.38. The summed E-state index contributed by atoms with van der Waals surface area (Å²) in [5, 5.41) is 7.12. The first-order chi connectivity index (χ1) is 16.5. The molecule has 0 saturated carbocycles. The monoisotopic (exact) mass is 555 g/mol. The van der Waals surface area contributed by atoms with Crippen molar-refractivity contribution < 1.29 is 19.1 Å². The van der Waals surface area contributed by atoms with Gasteiger partial charge in [-0.3, -0.25) is 19.7 Å². The number of benzene rings is 2. The number of carbonyl (C=O) groups is 3. The molecule has 1 saturated heterocycles. The van der Waals surface area contributed by atoms with Gasteiger partial charge in [-0.15, -0.1) is 0 Å². The third kappa shape index (κ3) is 4.30. The number of ether oxygens (including phenoxy) is 1. The van der Waals surface area contributed by atoms with Gasteiger partial charge in [-0.25, -0.2) is 0 Å². The van der Waals surface area contributed by atoms with Gasteiger partial charge in [0.15, 0.2) is 0 Å². The summed E-state index contributed by atoms with van der Waals surface area (Å²) in [4.78, 5) is 42.1. The van der Waals surface area contributed by atoms with Gasteiger partial charge in [0, 0.05) is 39.4 Å². The Labute approximate surface area is 222 Å². The number of hydrogen-bond acceptors (Lipinski definition) is 5. The van der Waals surface area contributed by atoms with Crippen LogP contribution < -0.4 is 15.5 Å². The van der Waals surface area contributed by atoms with Crippen LogP contribution in [0.2, 0.25) is 20.1 Å². The molecule has 2 N–H and O–H groups in total. The molecular formula is C24H21Cl4N3O4. The molecule has 0 aliphatic carbocycles. The number of carbonyl (C=O) groups excluding carboxylic acids is 3. The Morgan fingerprint density at radius 3 is 2.37 bits per heavy atom. The van der Waals surface area contributed by atoms with E-state index in [0.717, 1.165) is 0 Å². The molecule has 11 heteroatoms. The predicted molar refractivity (Wildman–Crippen MR) is 137 cm³/mol. The topological polar surface area (TPSA) is 87.7 Å². The second-order valence-electron chi connectivity index (χ2n) is 8.45. The van der Waals surface area contributed by atoms with Crippen molar-refractivity contribution in [2.45, 2.75) is 18.5 Å². The van der Waals surface area contributed by atoms with E-state index < -0.39 is 41.2 Å². The van der Waals surface area contributed by atoms with Crippen molar-refractivity contribution in [3.63, 3.8) is 0 Å². The largest absolute Gasteiger partial charge is 0.461 e. The van der Waals surface area contributed by atoms with Gasteiger partial charge >= 0.3 is 5.97 Å². The summed E-state index contributed by atoms with van der Waals surface area (Å²) >= 11 is 24.9. The maximum Gasteiger partial charge on any atom is 0.312 e. The average Bonchev–Trinajstić information content (AvgIpc) is 3.25. The number of anilines is 2. The summed E-state index contributed by atoms with van der Waals surface area (Å²) in [7, 11) is 1.55. The lowest BCUT2D eigenvalue weighted by Crippen LogP contribution is -2.52. The fraction of sp³-hybridized carbons (Fsp3) is 0.292. The number of amides is 2. The summed E-state index contributed by atoms with van der Waals surface area (Å²) in [6, 6.07) is 7.14. The van der Waals surface area contributed by atoms with Crippen molar-refractivity contribution in [1.82, 2.24) is 5.32 Å². The van der Waals surface area contributed by atoms with Crippen LogP contribution >= 0.6 is 46.4 Å². The summed E-state index contributed by atoms with van der Waals surface area (Å²) < 4.78 is 5.38. The molecule has 0 radical (unpaired) electrons. The zero-order valence-electron chi connectivity index (χ0n) is 18.7. The molecule has 2 aliphatic rings. The molecule has 7 nitrogen and oxygen atoms in total. The zero-order chi connectivity index (χ0) is 25.7. The van der Waals surface area contributed by atoms with Crippen LogP contribution in [0.3, 0.4) is 0 Å². The lowest BCUT2D eigenvalue weighted by Gasteiger charge is -2.31. The van der Waals surface area contributed by atoms with Gasteiger partial charge in [0.05, 0.1) is 16.6 Å². The molecular weight excluding hydrogens is 536 g/mol. The van der Waals surface area contributed by atoms with Crippen molar-refractivity contribution in [2.24, 2.45) is 11.8 Å². The minimum atomic E-state index is -1.63. The van der Waals surface area contributed by atoms with Gasteiger partial charge in [0.25, 0.3) is 0 Å². The maximum atomic E-state index is 13.8. The molecule has 4 rings (SSSR count). The molecule has 2 heterocycles. The van der Waals surface area contributed by atoms with E-state index in [4.69, 9.17) is 51.1 Å². The molecule has 2 aromatic rings. The molecule has 2 unspecified atom stereocenters. The second-order valence-corrected chi connectivity index (χ2v) is 10.2. The van der Waals surface area contributed by atoms with Crippen molar-refractivity contribution in [1.29, 1.82) is 0 Å². The number of hydrogen-bond donors (Lipinski definition) is 2. The Morgan fingerprint density at radius 2 is 1.74 bits per heavy atom. The van der Waals surface area contributed by atoms with Crippen LogP contribution in [-0.4, -0.2) is 37.5 Å². The van der Waals surface area contributed by atoms with Gasteiger partial charge < -0.3 is 15.0 Å². The first-order valence-electron chi connectivity index (χ1n) is 10.6. The first-order valence-corrected chi connectivity index (χ1v) is 12.1. The highest BCUT2D eigenvalue weighted by Crippen LogP contribution is 2.52. The van der Waals surface area contributed by atoms with E-state index in [9.17, 15) is 14.4 Å². The maximum absolute atomic E-state index is 13.8. The first kappa shape index (κ1) is 25.8. The second kappa shape index (κ2) is 9.64. The smallest absolute Gasteiger partial charge is 0.312 e. The van der Waals surface area contributed by atoms with Crippen molar-refractivity contribution in [3.05, 3.63) is 68.6 Å². The van der Waals surface area contributed by atoms with E-state index >= 15 is 0 Å². The van der Waals surface area contributed by atoms with E-state index in [1.807, 2.05) is 0 Å². The van der Waals surface area contributed by atoms with Gasteiger partial charge in [-0.2, -0.15) is 0 Å². The molecule has 0 bridgehead atoms. The molecule has 1 fully saturated rings. The lowest BCUT2D eigenvalue weighted by molar-refractivity contribution is -0.155. The average molecular weight is 557 g/mol. The fourth-order valence-corrected chi connectivity index (χ4v) is 5.94. The number of halogens is 4. The molecule has 35 heavy (non-hydrogen) atoms. The summed E-state index contributed by atoms with van der Waals surface area (Å²) in [6.45, 7) is 5.20. The highest BCUT2D eigenvalue weighted by Gasteiger charge is 2.66. The van der Waals surface area contributed by atoms with E-state index in [2.05, 4.69) is 17.2 Å². The van der Waals surface area contributed by atoms with Crippen LogP contribution in [0.4, 0.5) is 11.4 Å². The normalized spacial score (nSPS) is 24.7. The van der Waals surface area contributed by atoms with E-state index in [1.54, 1.807) is 38.2 Å². The minimum absolute atomic E-state index is 0.0920. The van der Waals surface area contributed by atoms with Crippen molar-refractivity contribution in [2.75, 3.05) is 23.9 Å². The molecule has 184 valence electrons. The summed E-state index contributed by atoms with van der Waals surface area (Å²) in [6.07, 6.45) is 1.41. The molecule has 0 aromatic heterocycles. The third-order valence-electron chi connectivity index (χ3n) is 6.34. The van der Waals surface area contributed by atoms with Crippen LogP contribution in [0.5, 0.6) is 0 Å². The standard InChI is InChI=1S/C24H21Cl4N3O4/c1-4-5-35-22(33)19-18(21(32)31(3)15-7-12(25)6-13(26)8-15)11(2)30-24(19)16-9-14(27)10-17(28)20(16)29-23(24)34/h4,6-11,18-19,30H,1,5H2,2-3H3,(H,29,34)/t11-,18+,19?,24?/m1/s1. The van der Waals surface area contributed by atoms with E-state index in [-0.39, 0.29) is 16.7 Å². The van der Waals surface area contributed by atoms with Gasteiger partial charge in [-0.05, 0) is 37.3 Å². The number of rotatable bonds is 5. The molecule has 2 aromatic carbocycles. The van der Waals surface area contributed by atoms with Crippen LogP contribution in [0.25, 0.3) is 0 Å². The van der Waals surface area contributed by atoms with Crippen LogP contribution in [0, 0.1) is 11.8 Å². The molecule has 4 atom stereocenters. The Bertz CT molecular complexity index is 1230. The number of fused-ring (bicyclic) bond motifs is 2. The van der Waals surface area contributed by atoms with E-state index in [0.29, 0.717) is 27.0 Å². The minimum Gasteiger partial charge on any atom is -0.461 e. The zero-order valence-corrected chi connectivity index (χ0v) is 21.7. The van der Waals surface area contributed by atoms with E-state index in [1.165, 1.54) is 17.0 Å². The summed E-state index contributed by atoms with van der Waals surface area (Å²) in [5.74, 6) is -3.94. The fourth-order valence-electron chi connectivity index (χ4n) is 4.89. The molecule has 2 amide bonds. The quantitative estimate of drug-likeness (QED) is 0.397. The van der Waals surface area contributed by atoms with Crippen LogP contribution in [0.1, 0.15) is 12.5 Å². The Hall–Kier alpha value is -2.29. The third-order valence-corrected chi connectivity index (χ3v) is 7.30. The van der Waals surface area contributed by atoms with Gasteiger partial charge in [0.2, 0.25) is 11.8 Å². The Kier molecular flexibility index (Phi) is 7.10. The van der Waals surface area contributed by atoms with Gasteiger partial charge in [-0.1, -0.05) is 59.1 Å². The van der Waals surface area contributed by atoms with Gasteiger partial charge in [0.1, 0.15) is 18.1 Å². The number of nitrogens with one attached hydrogen (secondary N) is 2. The molecule has 1 spiro atoms. The predicted octanol–water partition coefficient (Wildman–Crippen LogP) is 5.06. The number of nitrogens with zero attached hydrogens (tertiary/aromatic N) is 1. The van der Waals surface area contributed by atoms with Crippen LogP contribution in [0.15, 0.2) is 43.0 Å². The van der Waals surface area contributed by atoms with Crippen LogP contribution in [-0.2, 0) is 24.7 Å². The SMILES string of the molecule is C=CCOC(=O)C1[C@@H](C(=O)N(C)c2cc(Cl)cc(Cl)c2)[C@@H](C)NC12C(=O)Nc1c(Cl)cc(Cl)cc12. The summed E-state index contributed by atoms with van der Waals surface area (Å²) in [5.41, 5.74) is -0.503. The highest BCUT2D eigenvalue weighted by atomic mass is 35.5.